The van der Waals surface area contributed by atoms with Crippen LogP contribution in [0.15, 0.2) is 59.5 Å². The molecule has 0 spiro atoms. The van der Waals surface area contributed by atoms with Gasteiger partial charge < -0.3 is 9.88 Å². The van der Waals surface area contributed by atoms with Crippen molar-refractivity contribution in [1.29, 1.82) is 0 Å². The lowest BCUT2D eigenvalue weighted by molar-refractivity contribution is 0.0951. The fraction of sp³-hybridized carbons (Fsp3) is 0.304. The van der Waals surface area contributed by atoms with E-state index >= 15 is 0 Å². The number of fused-ring (bicyclic) bond motifs is 1. The number of nitrogens with one attached hydrogen (secondary N) is 1. The summed E-state index contributed by atoms with van der Waals surface area (Å²) in [5.41, 5.74) is 0.770. The molecular weight excluding hydrogens is 435 g/mol. The Kier molecular flexibility index (Phi) is 7.58. The van der Waals surface area contributed by atoms with E-state index in [0.717, 1.165) is 36.6 Å². The van der Waals surface area contributed by atoms with Crippen LogP contribution in [-0.4, -0.2) is 22.3 Å². The first-order valence-corrected chi connectivity index (χ1v) is 10.9. The van der Waals surface area contributed by atoms with Crippen LogP contribution in [0.25, 0.3) is 10.9 Å². The predicted octanol–water partition coefficient (Wildman–Crippen LogP) is 4.87. The molecule has 0 unspecified atom stereocenters. The average Bonchev–Trinajstić information content (AvgIpc) is 2.73. The van der Waals surface area contributed by atoms with Crippen molar-refractivity contribution in [3.05, 3.63) is 81.9 Å². The zero-order chi connectivity index (χ0) is 20.6. The molecule has 0 saturated heterocycles. The number of hydrogen-bond donors (Lipinski definition) is 1. The van der Waals surface area contributed by atoms with Gasteiger partial charge in [0.25, 0.3) is 5.91 Å². The van der Waals surface area contributed by atoms with Crippen LogP contribution in [0, 0.1) is 5.82 Å². The second-order valence-corrected chi connectivity index (χ2v) is 7.77. The number of aromatic nitrogens is 1. The minimum Gasteiger partial charge on any atom is -0.352 e. The second-order valence-electron chi connectivity index (χ2n) is 6.98. The Morgan fingerprint density at radius 2 is 1.76 bits per heavy atom. The fourth-order valence-corrected chi connectivity index (χ4v) is 3.75. The van der Waals surface area contributed by atoms with Crippen molar-refractivity contribution < 1.29 is 9.18 Å². The van der Waals surface area contributed by atoms with E-state index in [9.17, 15) is 14.0 Å². The Balaban J connectivity index is 1.88. The van der Waals surface area contributed by atoms with Crippen LogP contribution in [0.3, 0.4) is 0 Å². The van der Waals surface area contributed by atoms with Gasteiger partial charge in [-0.3, -0.25) is 9.59 Å². The summed E-state index contributed by atoms with van der Waals surface area (Å²) in [4.78, 5) is 25.5. The maximum absolute atomic E-state index is 14.5. The Hall–Kier alpha value is -2.47. The van der Waals surface area contributed by atoms with Crippen LogP contribution in [-0.2, 0) is 6.54 Å². The predicted molar refractivity (Wildman–Crippen MR) is 118 cm³/mol. The fourth-order valence-electron chi connectivity index (χ4n) is 3.35. The van der Waals surface area contributed by atoms with E-state index in [2.05, 4.69) is 21.2 Å². The topological polar surface area (TPSA) is 51.1 Å². The number of benzene rings is 2. The van der Waals surface area contributed by atoms with Crippen molar-refractivity contribution in [3.63, 3.8) is 0 Å². The van der Waals surface area contributed by atoms with Gasteiger partial charge in [0.1, 0.15) is 11.4 Å². The number of para-hydroxylation sites is 1. The quantitative estimate of drug-likeness (QED) is 0.367. The molecule has 0 fully saturated rings. The number of unbranched alkanes of at least 4 members (excludes halogenated alkanes) is 3. The van der Waals surface area contributed by atoms with Gasteiger partial charge in [0.2, 0.25) is 5.43 Å². The maximum atomic E-state index is 14.5. The SMILES string of the molecule is O=C(NCCCCCCBr)c1cn(Cc2ccccc2)c2c(F)cccc2c1=O. The van der Waals surface area contributed by atoms with Crippen LogP contribution in [0.1, 0.15) is 41.6 Å². The van der Waals surface area contributed by atoms with Crippen molar-refractivity contribution in [2.75, 3.05) is 11.9 Å². The Morgan fingerprint density at radius 3 is 2.52 bits per heavy atom. The highest BCUT2D eigenvalue weighted by Crippen LogP contribution is 2.18. The molecular formula is C23H24BrFN2O2. The summed E-state index contributed by atoms with van der Waals surface area (Å²) in [6.45, 7) is 0.881. The Bertz CT molecular complexity index is 1030. The lowest BCUT2D eigenvalue weighted by atomic mass is 10.1. The lowest BCUT2D eigenvalue weighted by Crippen LogP contribution is -2.30. The highest BCUT2D eigenvalue weighted by atomic mass is 79.9. The highest BCUT2D eigenvalue weighted by Gasteiger charge is 2.17. The zero-order valence-corrected chi connectivity index (χ0v) is 17.8. The van der Waals surface area contributed by atoms with Crippen molar-refractivity contribution in [1.82, 2.24) is 9.88 Å². The van der Waals surface area contributed by atoms with E-state index < -0.39 is 17.2 Å². The monoisotopic (exact) mass is 458 g/mol. The summed E-state index contributed by atoms with van der Waals surface area (Å²) in [7, 11) is 0. The van der Waals surface area contributed by atoms with E-state index in [1.54, 1.807) is 10.6 Å². The van der Waals surface area contributed by atoms with Gasteiger partial charge in [-0.15, -0.1) is 0 Å². The van der Waals surface area contributed by atoms with Crippen molar-refractivity contribution in [2.45, 2.75) is 32.2 Å². The number of nitrogens with zero attached hydrogens (tertiary/aromatic N) is 1. The number of amides is 1. The molecule has 3 aromatic rings. The van der Waals surface area contributed by atoms with Crippen LogP contribution in [0.2, 0.25) is 0 Å². The van der Waals surface area contributed by atoms with Crippen LogP contribution >= 0.6 is 15.9 Å². The van der Waals surface area contributed by atoms with Crippen LogP contribution in [0.5, 0.6) is 0 Å². The summed E-state index contributed by atoms with van der Waals surface area (Å²) in [5, 5.41) is 4.02. The van der Waals surface area contributed by atoms with Gasteiger partial charge in [-0.1, -0.05) is 65.2 Å². The molecule has 0 aliphatic rings. The number of carbonyl (C=O) groups excluding carboxylic acids is 1. The highest BCUT2D eigenvalue weighted by molar-refractivity contribution is 9.09. The summed E-state index contributed by atoms with van der Waals surface area (Å²) in [6.07, 6.45) is 5.56. The second kappa shape index (κ2) is 10.3. The van der Waals surface area contributed by atoms with Gasteiger partial charge in [-0.25, -0.2) is 4.39 Å². The van der Waals surface area contributed by atoms with Crippen molar-refractivity contribution >= 4 is 32.7 Å². The number of pyridine rings is 1. The van der Waals surface area contributed by atoms with Gasteiger partial charge in [-0.2, -0.15) is 0 Å². The van der Waals surface area contributed by atoms with E-state index in [0.29, 0.717) is 13.1 Å². The van der Waals surface area contributed by atoms with Crippen molar-refractivity contribution in [2.24, 2.45) is 0 Å². The smallest absolute Gasteiger partial charge is 0.256 e. The van der Waals surface area contributed by atoms with Gasteiger partial charge in [0.05, 0.1) is 5.52 Å². The van der Waals surface area contributed by atoms with E-state index in [1.807, 2.05) is 30.3 Å². The number of rotatable bonds is 9. The van der Waals surface area contributed by atoms with E-state index in [1.165, 1.54) is 18.3 Å². The van der Waals surface area contributed by atoms with Crippen LogP contribution < -0.4 is 10.7 Å². The number of carbonyl (C=O) groups is 1. The molecule has 152 valence electrons. The minimum atomic E-state index is -0.478. The summed E-state index contributed by atoms with van der Waals surface area (Å²) in [5.74, 6) is -0.891. The molecule has 29 heavy (non-hydrogen) atoms. The molecule has 1 N–H and O–H groups in total. The summed E-state index contributed by atoms with van der Waals surface area (Å²) in [6, 6.07) is 14.0. The third kappa shape index (κ3) is 5.32. The molecule has 0 aliphatic heterocycles. The summed E-state index contributed by atoms with van der Waals surface area (Å²) < 4.78 is 16.2. The molecule has 4 nitrogen and oxygen atoms in total. The van der Waals surface area contributed by atoms with Gasteiger partial charge in [-0.05, 0) is 30.5 Å². The number of hydrogen-bond acceptors (Lipinski definition) is 2. The van der Waals surface area contributed by atoms with Gasteiger partial charge in [0, 0.05) is 30.0 Å². The Labute approximate surface area is 177 Å². The molecule has 1 aromatic heterocycles. The molecule has 6 heteroatoms. The van der Waals surface area contributed by atoms with Crippen LogP contribution in [0.4, 0.5) is 4.39 Å². The van der Waals surface area contributed by atoms with Gasteiger partial charge >= 0.3 is 0 Å². The molecule has 0 radical (unpaired) electrons. The van der Waals surface area contributed by atoms with E-state index in [-0.39, 0.29) is 16.5 Å². The standard InChI is InChI=1S/C23H24BrFN2O2/c24-13-6-1-2-7-14-26-23(29)19-16-27(15-17-9-4-3-5-10-17)21-18(22(19)28)11-8-12-20(21)25/h3-5,8-12,16H,1-2,6-7,13-15H2,(H,26,29). The minimum absolute atomic E-state index is 0.0412. The first-order valence-electron chi connectivity index (χ1n) is 9.81. The largest absolute Gasteiger partial charge is 0.352 e. The molecule has 0 atom stereocenters. The first kappa shape index (κ1) is 21.2. The van der Waals surface area contributed by atoms with Crippen molar-refractivity contribution in [3.8, 4) is 0 Å². The molecule has 1 amide bonds. The molecule has 0 aliphatic carbocycles. The molecule has 3 rings (SSSR count). The molecule has 1 heterocycles. The third-order valence-corrected chi connectivity index (χ3v) is 5.40. The summed E-state index contributed by atoms with van der Waals surface area (Å²) >= 11 is 3.40. The molecule has 2 aromatic carbocycles. The molecule has 0 saturated carbocycles. The normalized spacial score (nSPS) is 11.0. The Morgan fingerprint density at radius 1 is 1.00 bits per heavy atom. The third-order valence-electron chi connectivity index (χ3n) is 4.83. The average molecular weight is 459 g/mol. The number of halogens is 2. The zero-order valence-electron chi connectivity index (χ0n) is 16.2. The van der Waals surface area contributed by atoms with E-state index in [4.69, 9.17) is 0 Å². The van der Waals surface area contributed by atoms with Gasteiger partial charge in [0.15, 0.2) is 0 Å². The first-order chi connectivity index (χ1) is 14.1. The number of alkyl halides is 1. The molecule has 0 bridgehead atoms. The maximum Gasteiger partial charge on any atom is 0.256 e. The lowest BCUT2D eigenvalue weighted by Gasteiger charge is -2.14.